The zero-order chi connectivity index (χ0) is 14.5. The number of methoxy groups -OCH3 is 1. The predicted molar refractivity (Wildman–Crippen MR) is 70.6 cm³/mol. The second-order valence-corrected chi connectivity index (χ2v) is 3.92. The number of aromatic nitrogens is 3. The van der Waals surface area contributed by atoms with Crippen molar-refractivity contribution in [3.8, 4) is 17.0 Å². The van der Waals surface area contributed by atoms with E-state index in [4.69, 9.17) is 14.6 Å². The molecule has 2 aromatic rings. The molecule has 0 aliphatic heterocycles. The van der Waals surface area contributed by atoms with Crippen molar-refractivity contribution in [2.24, 2.45) is 7.05 Å². The number of hydrogen-bond acceptors (Lipinski definition) is 5. The van der Waals surface area contributed by atoms with Gasteiger partial charge in [0.25, 0.3) is 0 Å². The fraction of sp³-hybridized carbons (Fsp3) is 0.250. The number of nitrogens with zero attached hydrogens (tertiary/aromatic N) is 3. The number of benzene rings is 1. The number of rotatable bonds is 5. The van der Waals surface area contributed by atoms with E-state index in [1.807, 2.05) is 0 Å². The quantitative estimate of drug-likeness (QED) is 0.805. The number of anilines is 1. The highest BCUT2D eigenvalue weighted by atomic mass is 16.7. The molecule has 2 rings (SSSR count). The van der Waals surface area contributed by atoms with Crippen molar-refractivity contribution in [3.05, 3.63) is 24.3 Å². The number of carbonyl (C=O) groups is 1. The summed E-state index contributed by atoms with van der Waals surface area (Å²) < 4.78 is 11.4. The summed E-state index contributed by atoms with van der Waals surface area (Å²) in [7, 11) is 3.15. The molecule has 8 heteroatoms. The molecule has 2 N–H and O–H groups in total. The summed E-state index contributed by atoms with van der Waals surface area (Å²) in [6, 6.07) is 7.02. The fourth-order valence-corrected chi connectivity index (χ4v) is 1.63. The molecule has 106 valence electrons. The molecule has 0 radical (unpaired) electrons. The molecule has 0 fully saturated rings. The molecule has 1 aromatic heterocycles. The van der Waals surface area contributed by atoms with Crippen LogP contribution in [0.3, 0.4) is 0 Å². The van der Waals surface area contributed by atoms with E-state index >= 15 is 0 Å². The van der Waals surface area contributed by atoms with Crippen molar-refractivity contribution in [1.29, 1.82) is 0 Å². The van der Waals surface area contributed by atoms with Crippen LogP contribution in [0.25, 0.3) is 11.3 Å². The van der Waals surface area contributed by atoms with Gasteiger partial charge in [-0.1, -0.05) is 5.21 Å². The van der Waals surface area contributed by atoms with E-state index in [1.165, 1.54) is 11.8 Å². The second kappa shape index (κ2) is 6.02. The van der Waals surface area contributed by atoms with E-state index in [1.54, 1.807) is 31.3 Å². The summed E-state index contributed by atoms with van der Waals surface area (Å²) in [6.07, 6.45) is -1.17. The largest absolute Gasteiger partial charge is 0.468 e. The topological polar surface area (TPSA) is 98.5 Å². The highest BCUT2D eigenvalue weighted by Gasteiger charge is 2.14. The number of hydrogen-bond donors (Lipinski definition) is 2. The lowest BCUT2D eigenvalue weighted by Crippen LogP contribution is -2.11. The standard InChI is InChI=1S/C12H14N4O4/c1-16-11(13-12(17)18)10(14-15-16)8-3-5-9(6-4-8)20-7-19-2/h3-6,13H,7H2,1-2H3,(H,17,18). The lowest BCUT2D eigenvalue weighted by molar-refractivity contribution is 0.0511. The van der Waals surface area contributed by atoms with Crippen molar-refractivity contribution in [2.75, 3.05) is 19.2 Å². The number of ether oxygens (including phenoxy) is 2. The van der Waals surface area contributed by atoms with E-state index in [-0.39, 0.29) is 6.79 Å². The minimum absolute atomic E-state index is 0.163. The minimum Gasteiger partial charge on any atom is -0.468 e. The lowest BCUT2D eigenvalue weighted by Gasteiger charge is -2.06. The van der Waals surface area contributed by atoms with Gasteiger partial charge in [0.15, 0.2) is 12.6 Å². The van der Waals surface area contributed by atoms with Gasteiger partial charge >= 0.3 is 6.09 Å². The van der Waals surface area contributed by atoms with E-state index in [9.17, 15) is 4.79 Å². The van der Waals surface area contributed by atoms with Crippen molar-refractivity contribution >= 4 is 11.9 Å². The summed E-state index contributed by atoms with van der Waals surface area (Å²) >= 11 is 0. The first kappa shape index (κ1) is 13.8. The first-order valence-electron chi connectivity index (χ1n) is 5.73. The Kier molecular flexibility index (Phi) is 4.16. The first-order chi connectivity index (χ1) is 9.61. The van der Waals surface area contributed by atoms with Crippen molar-refractivity contribution in [2.45, 2.75) is 0 Å². The Morgan fingerprint density at radius 3 is 2.70 bits per heavy atom. The van der Waals surface area contributed by atoms with Gasteiger partial charge in [-0.05, 0) is 24.3 Å². The molecule has 0 aliphatic carbocycles. The van der Waals surface area contributed by atoms with Crippen LogP contribution >= 0.6 is 0 Å². The third kappa shape index (κ3) is 3.04. The molecule has 8 nitrogen and oxygen atoms in total. The van der Waals surface area contributed by atoms with Crippen LogP contribution in [-0.2, 0) is 11.8 Å². The molecule has 20 heavy (non-hydrogen) atoms. The summed E-state index contributed by atoms with van der Waals surface area (Å²) in [5.74, 6) is 0.954. The average Bonchev–Trinajstić information content (AvgIpc) is 2.78. The van der Waals surface area contributed by atoms with Gasteiger partial charge < -0.3 is 14.6 Å². The molecular formula is C12H14N4O4. The van der Waals surface area contributed by atoms with Gasteiger partial charge in [-0.2, -0.15) is 0 Å². The third-order valence-electron chi connectivity index (χ3n) is 2.52. The Hall–Kier alpha value is -2.61. The highest BCUT2D eigenvalue weighted by molar-refractivity contribution is 5.87. The van der Waals surface area contributed by atoms with Gasteiger partial charge in [-0.15, -0.1) is 5.10 Å². The minimum atomic E-state index is -1.17. The molecule has 1 amide bonds. The zero-order valence-electron chi connectivity index (χ0n) is 11.0. The molecule has 0 atom stereocenters. The smallest absolute Gasteiger partial charge is 0.410 e. The van der Waals surface area contributed by atoms with Gasteiger partial charge in [0.2, 0.25) is 0 Å². The molecule has 1 heterocycles. The Morgan fingerprint density at radius 2 is 2.10 bits per heavy atom. The molecule has 0 spiro atoms. The van der Waals surface area contributed by atoms with E-state index < -0.39 is 6.09 Å². The van der Waals surface area contributed by atoms with Gasteiger partial charge in [-0.3, -0.25) is 5.32 Å². The Labute approximate surface area is 114 Å². The molecule has 0 unspecified atom stereocenters. The molecule has 0 aliphatic rings. The summed E-state index contributed by atoms with van der Waals surface area (Å²) in [5.41, 5.74) is 1.18. The van der Waals surface area contributed by atoms with Crippen LogP contribution in [0, 0.1) is 0 Å². The van der Waals surface area contributed by atoms with Crippen LogP contribution in [0.4, 0.5) is 10.6 Å². The monoisotopic (exact) mass is 278 g/mol. The normalized spacial score (nSPS) is 10.3. The fourth-order valence-electron chi connectivity index (χ4n) is 1.63. The van der Waals surface area contributed by atoms with Gasteiger partial charge in [0, 0.05) is 19.7 Å². The summed E-state index contributed by atoms with van der Waals surface area (Å²) in [5, 5.41) is 18.8. The molecule has 0 saturated heterocycles. The molecule has 0 saturated carbocycles. The van der Waals surface area contributed by atoms with Crippen LogP contribution in [0.5, 0.6) is 5.75 Å². The van der Waals surface area contributed by atoms with E-state index in [0.29, 0.717) is 17.3 Å². The number of amides is 1. The second-order valence-electron chi connectivity index (χ2n) is 3.92. The van der Waals surface area contributed by atoms with Crippen molar-refractivity contribution in [1.82, 2.24) is 15.0 Å². The molecular weight excluding hydrogens is 264 g/mol. The zero-order valence-corrected chi connectivity index (χ0v) is 11.0. The van der Waals surface area contributed by atoms with Gasteiger partial charge in [-0.25, -0.2) is 9.48 Å². The summed E-state index contributed by atoms with van der Waals surface area (Å²) in [6.45, 7) is 0.163. The van der Waals surface area contributed by atoms with Gasteiger partial charge in [0.1, 0.15) is 11.4 Å². The highest BCUT2D eigenvalue weighted by Crippen LogP contribution is 2.26. The third-order valence-corrected chi connectivity index (χ3v) is 2.52. The van der Waals surface area contributed by atoms with Crippen LogP contribution < -0.4 is 10.1 Å². The Bertz CT molecular complexity index is 594. The number of aryl methyl sites for hydroxylation is 1. The van der Waals surface area contributed by atoms with Gasteiger partial charge in [0.05, 0.1) is 0 Å². The van der Waals surface area contributed by atoms with Crippen molar-refractivity contribution in [3.63, 3.8) is 0 Å². The van der Waals surface area contributed by atoms with Crippen LogP contribution in [-0.4, -0.2) is 40.1 Å². The lowest BCUT2D eigenvalue weighted by atomic mass is 10.1. The number of carboxylic acid groups (broad SMARTS) is 1. The maximum absolute atomic E-state index is 10.8. The van der Waals surface area contributed by atoms with Crippen LogP contribution in [0.15, 0.2) is 24.3 Å². The maximum atomic E-state index is 10.8. The van der Waals surface area contributed by atoms with Crippen molar-refractivity contribution < 1.29 is 19.4 Å². The van der Waals surface area contributed by atoms with E-state index in [0.717, 1.165) is 5.56 Å². The Balaban J connectivity index is 2.25. The Morgan fingerprint density at radius 1 is 1.40 bits per heavy atom. The van der Waals surface area contributed by atoms with Crippen LogP contribution in [0.2, 0.25) is 0 Å². The maximum Gasteiger partial charge on any atom is 0.410 e. The molecule has 0 bridgehead atoms. The first-order valence-corrected chi connectivity index (χ1v) is 5.73. The van der Waals surface area contributed by atoms with E-state index in [2.05, 4.69) is 15.6 Å². The number of nitrogens with one attached hydrogen (secondary N) is 1. The predicted octanol–water partition coefficient (Wildman–Crippen LogP) is 1.55. The average molecular weight is 278 g/mol. The molecule has 1 aromatic carbocycles. The SMILES string of the molecule is COCOc1ccc(-c2nnn(C)c2NC(=O)O)cc1. The van der Waals surface area contributed by atoms with Crippen LogP contribution in [0.1, 0.15) is 0 Å². The summed E-state index contributed by atoms with van der Waals surface area (Å²) in [4.78, 5) is 10.8.